The normalized spacial score (nSPS) is 26.1. The number of aliphatic hydroxyl groups excluding tert-OH is 1. The molecule has 12 heteroatoms. The van der Waals surface area contributed by atoms with Gasteiger partial charge >= 0.3 is 6.09 Å². The lowest BCUT2D eigenvalue weighted by molar-refractivity contribution is -0.133. The highest BCUT2D eigenvalue weighted by molar-refractivity contribution is 5.90. The maximum Gasteiger partial charge on any atom is 0.414 e. The highest BCUT2D eigenvalue weighted by Gasteiger charge is 2.78. The highest BCUT2D eigenvalue weighted by Crippen LogP contribution is 2.64. The van der Waals surface area contributed by atoms with Crippen LogP contribution in [0.15, 0.2) is 48.9 Å². The second-order valence-electron chi connectivity index (χ2n) is 9.44. The van der Waals surface area contributed by atoms with Gasteiger partial charge in [0.2, 0.25) is 5.91 Å². The Hall–Kier alpha value is -4.37. The third-order valence-corrected chi connectivity index (χ3v) is 7.50. The lowest BCUT2D eigenvalue weighted by Gasteiger charge is -2.20. The first-order chi connectivity index (χ1) is 17.9. The number of rotatable bonds is 6. The number of ether oxygens (including phenoxy) is 1. The summed E-state index contributed by atoms with van der Waals surface area (Å²) in [6.45, 7) is 8.70. The molecule has 1 aliphatic carbocycles. The molecule has 4 heterocycles. The van der Waals surface area contributed by atoms with Gasteiger partial charge in [0.15, 0.2) is 0 Å². The molecule has 3 aromatic rings. The van der Waals surface area contributed by atoms with Crippen LogP contribution in [-0.4, -0.2) is 74.3 Å². The molecule has 0 bridgehead atoms. The van der Waals surface area contributed by atoms with Crippen molar-refractivity contribution in [3.63, 3.8) is 0 Å². The topological polar surface area (TPSA) is 118 Å². The summed E-state index contributed by atoms with van der Waals surface area (Å²) < 4.78 is 22.1. The summed E-state index contributed by atoms with van der Waals surface area (Å²) in [6.07, 6.45) is 3.77. The Labute approximate surface area is 210 Å². The van der Waals surface area contributed by atoms with Crippen LogP contribution in [0, 0.1) is 24.2 Å². The molecule has 2 amide bonds. The van der Waals surface area contributed by atoms with E-state index in [-0.39, 0.29) is 24.3 Å². The van der Waals surface area contributed by atoms with E-state index in [0.717, 1.165) is 0 Å². The van der Waals surface area contributed by atoms with Crippen LogP contribution < -0.4 is 4.90 Å². The number of carbonyl (C=O) groups excluding carboxylic acids is 2. The number of halogens is 1. The molecule has 1 aromatic carbocycles. The number of pyridine rings is 1. The summed E-state index contributed by atoms with van der Waals surface area (Å²) in [4.78, 5) is 35.5. The van der Waals surface area contributed by atoms with E-state index in [4.69, 9.17) is 16.4 Å². The van der Waals surface area contributed by atoms with Crippen LogP contribution in [0.5, 0.6) is 0 Å². The molecular formula is C25H22FN7O4. The molecular weight excluding hydrogens is 481 g/mol. The van der Waals surface area contributed by atoms with E-state index in [1.165, 1.54) is 17.2 Å². The minimum atomic E-state index is -0.786. The summed E-state index contributed by atoms with van der Waals surface area (Å²) in [7, 11) is 0. The number of benzene rings is 1. The molecule has 2 aromatic heterocycles. The third kappa shape index (κ3) is 3.70. The number of aromatic nitrogens is 4. The maximum atomic E-state index is 15.1. The number of amides is 2. The molecule has 6 rings (SSSR count). The molecule has 3 fully saturated rings. The average molecular weight is 503 g/mol. The van der Waals surface area contributed by atoms with Gasteiger partial charge in [0.1, 0.15) is 24.2 Å². The molecule has 1 unspecified atom stereocenters. The van der Waals surface area contributed by atoms with Gasteiger partial charge in [0.25, 0.3) is 5.54 Å². The minimum absolute atomic E-state index is 0.0246. The first kappa shape index (κ1) is 23.1. The first-order valence-corrected chi connectivity index (χ1v) is 11.8. The summed E-state index contributed by atoms with van der Waals surface area (Å²) in [5.41, 5.74) is 1.07. The quantitative estimate of drug-likeness (QED) is 0.509. The van der Waals surface area contributed by atoms with E-state index >= 15 is 4.39 Å². The predicted octanol–water partition coefficient (Wildman–Crippen LogP) is 1.70. The Morgan fingerprint density at radius 2 is 2.05 bits per heavy atom. The number of anilines is 1. The molecule has 0 radical (unpaired) electrons. The molecule has 4 atom stereocenters. The van der Waals surface area contributed by atoms with E-state index in [1.54, 1.807) is 46.2 Å². The van der Waals surface area contributed by atoms with E-state index < -0.39 is 30.2 Å². The van der Waals surface area contributed by atoms with Crippen molar-refractivity contribution in [3.05, 3.63) is 71.9 Å². The highest BCUT2D eigenvalue weighted by atomic mass is 19.1. The molecule has 1 saturated carbocycles. The smallest absolute Gasteiger partial charge is 0.414 e. The number of aliphatic hydroxyl groups is 1. The number of nitrogens with zero attached hydrogens (tertiary/aromatic N) is 7. The van der Waals surface area contributed by atoms with Gasteiger partial charge in [-0.3, -0.25) is 14.7 Å². The summed E-state index contributed by atoms with van der Waals surface area (Å²) >= 11 is 0. The molecule has 2 saturated heterocycles. The van der Waals surface area contributed by atoms with Crippen molar-refractivity contribution in [2.45, 2.75) is 18.2 Å². The van der Waals surface area contributed by atoms with Gasteiger partial charge in [-0.1, -0.05) is 11.3 Å². The van der Waals surface area contributed by atoms with E-state index in [0.29, 0.717) is 42.1 Å². The van der Waals surface area contributed by atoms with Crippen LogP contribution in [0.25, 0.3) is 16.0 Å². The molecule has 2 aliphatic heterocycles. The van der Waals surface area contributed by atoms with Crippen molar-refractivity contribution in [3.8, 4) is 11.1 Å². The molecule has 1 N–H and O–H groups in total. The summed E-state index contributed by atoms with van der Waals surface area (Å²) in [5, 5.41) is 16.7. The van der Waals surface area contributed by atoms with Gasteiger partial charge in [-0.25, -0.2) is 20.4 Å². The van der Waals surface area contributed by atoms with E-state index in [1.807, 2.05) is 0 Å². The lowest BCUT2D eigenvalue weighted by atomic mass is 10.0. The minimum Gasteiger partial charge on any atom is -0.442 e. The molecule has 0 spiro atoms. The number of carbonyl (C=O) groups is 2. The Bertz CT molecular complexity index is 1390. The van der Waals surface area contributed by atoms with Gasteiger partial charge in [-0.05, 0) is 24.3 Å². The van der Waals surface area contributed by atoms with Gasteiger partial charge < -0.3 is 19.6 Å². The standard InChI is InChI=1S/C25H22FN7O4/c1-27-25(19-12-31(13-20(19)25)23(35)14-34)22-5-2-15(9-28-22)18-4-3-16(8-21(18)26)33-11-17(37-24(33)36)10-32-7-6-29-30-32/h2-9,17,19-20,34H,10-14H2/t17-,19-,20+,25?/m0/s1. The first-order valence-electron chi connectivity index (χ1n) is 11.8. The van der Waals surface area contributed by atoms with Crippen LogP contribution in [0.2, 0.25) is 0 Å². The predicted molar refractivity (Wildman–Crippen MR) is 126 cm³/mol. The van der Waals surface area contributed by atoms with E-state index in [2.05, 4.69) is 20.1 Å². The van der Waals surface area contributed by atoms with Crippen molar-refractivity contribution in [2.24, 2.45) is 11.8 Å². The second-order valence-corrected chi connectivity index (χ2v) is 9.44. The van der Waals surface area contributed by atoms with Gasteiger partial charge in [-0.2, -0.15) is 0 Å². The zero-order valence-electron chi connectivity index (χ0n) is 19.6. The van der Waals surface area contributed by atoms with Crippen LogP contribution in [0.4, 0.5) is 14.9 Å². The van der Waals surface area contributed by atoms with E-state index in [9.17, 15) is 9.59 Å². The van der Waals surface area contributed by atoms with Crippen LogP contribution >= 0.6 is 0 Å². The van der Waals surface area contributed by atoms with Crippen molar-refractivity contribution in [1.29, 1.82) is 0 Å². The lowest BCUT2D eigenvalue weighted by Crippen LogP contribution is -2.36. The van der Waals surface area contributed by atoms with Gasteiger partial charge in [0, 0.05) is 36.6 Å². The zero-order valence-corrected chi connectivity index (χ0v) is 19.6. The Kier molecular flexibility index (Phi) is 5.38. The fourth-order valence-electron chi connectivity index (χ4n) is 5.57. The van der Waals surface area contributed by atoms with Gasteiger partial charge in [-0.15, -0.1) is 5.10 Å². The number of hydrogen-bond acceptors (Lipinski definition) is 7. The van der Waals surface area contributed by atoms with Crippen LogP contribution in [0.3, 0.4) is 0 Å². The molecule has 11 nitrogen and oxygen atoms in total. The summed E-state index contributed by atoms with van der Waals surface area (Å²) in [6, 6.07) is 8.01. The number of hydrogen-bond donors (Lipinski definition) is 1. The monoisotopic (exact) mass is 503 g/mol. The van der Waals surface area contributed by atoms with Gasteiger partial charge in [0.05, 0.1) is 36.8 Å². The van der Waals surface area contributed by atoms with Crippen molar-refractivity contribution >= 4 is 17.7 Å². The fraction of sp³-hybridized carbons (Fsp3) is 0.360. The van der Waals surface area contributed by atoms with Crippen molar-refractivity contribution in [1.82, 2.24) is 24.9 Å². The van der Waals surface area contributed by atoms with Crippen molar-refractivity contribution in [2.75, 3.05) is 31.1 Å². The van der Waals surface area contributed by atoms with Crippen LogP contribution in [0.1, 0.15) is 5.69 Å². The number of fused-ring (bicyclic) bond motifs is 1. The summed E-state index contributed by atoms with van der Waals surface area (Å²) in [5.74, 6) is -0.894. The fourth-order valence-corrected chi connectivity index (χ4v) is 5.57. The Morgan fingerprint density at radius 1 is 1.24 bits per heavy atom. The Balaban J connectivity index is 1.16. The largest absolute Gasteiger partial charge is 0.442 e. The van der Waals surface area contributed by atoms with Crippen molar-refractivity contribution < 1.29 is 23.8 Å². The number of cyclic esters (lactones) is 1. The average Bonchev–Trinajstić information content (AvgIpc) is 3.41. The van der Waals surface area contributed by atoms with Crippen LogP contribution in [-0.2, 0) is 21.6 Å². The molecule has 3 aliphatic rings. The SMILES string of the molecule is [C-]#[N+]C1(c2ccc(-c3ccc(N4C[C@H](Cn5ccnn5)OC4=O)cc3F)cn2)[C@@H]2CN(C(=O)CO)C[C@@H]21. The second kappa shape index (κ2) is 8.63. The number of likely N-dealkylation sites (tertiary alicyclic amines) is 1. The zero-order chi connectivity index (χ0) is 25.7. The number of piperidine rings is 1. The maximum absolute atomic E-state index is 15.1. The Morgan fingerprint density at radius 3 is 2.68 bits per heavy atom. The molecule has 188 valence electrons. The molecule has 37 heavy (non-hydrogen) atoms. The third-order valence-electron chi connectivity index (χ3n) is 7.50.